The van der Waals surface area contributed by atoms with E-state index in [4.69, 9.17) is 10.5 Å². The van der Waals surface area contributed by atoms with Gasteiger partial charge in [-0.15, -0.1) is 0 Å². The molecule has 4 nitrogen and oxygen atoms in total. The summed E-state index contributed by atoms with van der Waals surface area (Å²) >= 11 is 0. The Balaban J connectivity index is 1.71. The molecule has 0 unspecified atom stereocenters. The van der Waals surface area contributed by atoms with Crippen LogP contribution in [-0.4, -0.2) is 10.3 Å². The minimum atomic E-state index is -0.347. The van der Waals surface area contributed by atoms with Gasteiger partial charge in [0.25, 0.3) is 0 Å². The van der Waals surface area contributed by atoms with E-state index in [1.54, 1.807) is 0 Å². The third-order valence-electron chi connectivity index (χ3n) is 6.10. The molecule has 4 heteroatoms. The number of benzene rings is 3. The van der Waals surface area contributed by atoms with Crippen molar-refractivity contribution in [3.63, 3.8) is 0 Å². The van der Waals surface area contributed by atoms with E-state index in [1.165, 1.54) is 10.8 Å². The highest BCUT2D eigenvalue weighted by Gasteiger charge is 2.22. The van der Waals surface area contributed by atoms with Crippen molar-refractivity contribution in [2.75, 3.05) is 0 Å². The number of pyridine rings is 1. The van der Waals surface area contributed by atoms with E-state index in [-0.39, 0.29) is 12.3 Å². The Morgan fingerprint density at radius 2 is 1.64 bits per heavy atom. The number of carbonyl (C=O) groups excluding carboxylic acids is 1. The smallest absolute Gasteiger partial charge is 0.221 e. The zero-order chi connectivity index (χ0) is 22.8. The Hall–Kier alpha value is -4.05. The molecule has 5 rings (SSSR count). The van der Waals surface area contributed by atoms with Crippen LogP contribution in [0.1, 0.15) is 23.6 Å². The topological polar surface area (TPSA) is 56.7 Å². The van der Waals surface area contributed by atoms with Crippen LogP contribution in [0.5, 0.6) is 5.75 Å². The highest BCUT2D eigenvalue weighted by molar-refractivity contribution is 5.91. The predicted octanol–water partition coefficient (Wildman–Crippen LogP) is 5.93. The maximum absolute atomic E-state index is 12.1. The summed E-state index contributed by atoms with van der Waals surface area (Å²) in [6.07, 6.45) is 3.00. The van der Waals surface area contributed by atoms with Crippen LogP contribution in [0.15, 0.2) is 91.1 Å². The van der Waals surface area contributed by atoms with Gasteiger partial charge in [-0.1, -0.05) is 73.7 Å². The zero-order valence-corrected chi connectivity index (χ0v) is 18.6. The second kappa shape index (κ2) is 8.83. The van der Waals surface area contributed by atoms with Gasteiger partial charge in [-0.2, -0.15) is 0 Å². The lowest BCUT2D eigenvalue weighted by Gasteiger charge is -2.11. The Bertz CT molecular complexity index is 1450. The van der Waals surface area contributed by atoms with E-state index < -0.39 is 0 Å². The summed E-state index contributed by atoms with van der Waals surface area (Å²) in [5, 5.41) is 2.38. The molecule has 1 amide bonds. The van der Waals surface area contributed by atoms with Gasteiger partial charge in [0.15, 0.2) is 0 Å². The standard InChI is InChI=1S/C29H26N2O2/c1-2-24-25(18-27(30)32)29-26(33-19-20-9-4-3-5-10-20)13-8-16-31(29)28(24)23-15-14-21-11-6-7-12-22(21)17-23/h3-17H,2,18-19H2,1H3,(H2,30,32). The molecule has 164 valence electrons. The molecule has 0 saturated carbocycles. The molecule has 2 N–H and O–H groups in total. The largest absolute Gasteiger partial charge is 0.487 e. The maximum Gasteiger partial charge on any atom is 0.221 e. The van der Waals surface area contributed by atoms with E-state index in [9.17, 15) is 4.79 Å². The molecule has 2 heterocycles. The minimum Gasteiger partial charge on any atom is -0.487 e. The second-order valence-electron chi connectivity index (χ2n) is 8.23. The van der Waals surface area contributed by atoms with Crippen LogP contribution in [0.2, 0.25) is 0 Å². The summed E-state index contributed by atoms with van der Waals surface area (Å²) in [6, 6.07) is 28.9. The van der Waals surface area contributed by atoms with E-state index in [2.05, 4.69) is 47.7 Å². The van der Waals surface area contributed by atoms with Crippen LogP contribution in [0, 0.1) is 0 Å². The first-order valence-corrected chi connectivity index (χ1v) is 11.2. The lowest BCUT2D eigenvalue weighted by Crippen LogP contribution is -2.14. The molecule has 33 heavy (non-hydrogen) atoms. The molecule has 0 atom stereocenters. The Labute approximate surface area is 193 Å². The van der Waals surface area contributed by atoms with Gasteiger partial charge < -0.3 is 14.9 Å². The number of hydrogen-bond donors (Lipinski definition) is 1. The average Bonchev–Trinajstić information content (AvgIpc) is 3.16. The fraction of sp³-hybridized carbons (Fsp3) is 0.138. The number of fused-ring (bicyclic) bond motifs is 2. The predicted molar refractivity (Wildman–Crippen MR) is 133 cm³/mol. The number of primary amides is 1. The first-order chi connectivity index (χ1) is 16.2. The van der Waals surface area contributed by atoms with Crippen LogP contribution in [0.3, 0.4) is 0 Å². The quantitative estimate of drug-likeness (QED) is 0.345. The fourth-order valence-electron chi connectivity index (χ4n) is 4.65. The number of hydrogen-bond acceptors (Lipinski definition) is 2. The van der Waals surface area contributed by atoms with E-state index in [0.29, 0.717) is 6.61 Å². The average molecular weight is 435 g/mol. The summed E-state index contributed by atoms with van der Waals surface area (Å²) in [7, 11) is 0. The van der Waals surface area contributed by atoms with E-state index >= 15 is 0 Å². The van der Waals surface area contributed by atoms with Gasteiger partial charge in [-0.25, -0.2) is 0 Å². The number of carbonyl (C=O) groups is 1. The molecule has 3 aromatic carbocycles. The molecule has 0 saturated heterocycles. The van der Waals surface area contributed by atoms with Gasteiger partial charge >= 0.3 is 0 Å². The van der Waals surface area contributed by atoms with Gasteiger partial charge in [-0.3, -0.25) is 4.79 Å². The number of nitrogens with zero attached hydrogens (tertiary/aromatic N) is 1. The molecule has 2 aromatic heterocycles. The van der Waals surface area contributed by atoms with Gasteiger partial charge in [0, 0.05) is 6.20 Å². The van der Waals surface area contributed by atoms with Crippen molar-refractivity contribution in [3.8, 4) is 17.0 Å². The van der Waals surface area contributed by atoms with Crippen molar-refractivity contribution in [2.24, 2.45) is 5.73 Å². The lowest BCUT2D eigenvalue weighted by atomic mass is 9.98. The molecule has 0 spiro atoms. The highest BCUT2D eigenvalue weighted by Crippen LogP contribution is 2.38. The summed E-state index contributed by atoms with van der Waals surface area (Å²) in [6.45, 7) is 2.57. The number of rotatable bonds is 7. The monoisotopic (exact) mass is 434 g/mol. The second-order valence-corrected chi connectivity index (χ2v) is 8.23. The van der Waals surface area contributed by atoms with Crippen LogP contribution < -0.4 is 10.5 Å². The van der Waals surface area contributed by atoms with Crippen molar-refractivity contribution < 1.29 is 9.53 Å². The molecule has 0 fully saturated rings. The first-order valence-electron chi connectivity index (χ1n) is 11.2. The highest BCUT2D eigenvalue weighted by atomic mass is 16.5. The van der Waals surface area contributed by atoms with Crippen LogP contribution in [-0.2, 0) is 24.2 Å². The molecule has 0 aliphatic rings. The van der Waals surface area contributed by atoms with Crippen LogP contribution in [0.25, 0.3) is 27.5 Å². The normalized spacial score (nSPS) is 11.2. The SMILES string of the molecule is CCc1c(CC(N)=O)c2c(OCc3ccccc3)cccn2c1-c1ccc2ccccc2c1. The number of ether oxygens (including phenoxy) is 1. The molecule has 0 aliphatic heterocycles. The minimum absolute atomic E-state index is 0.173. The van der Waals surface area contributed by atoms with E-state index in [0.717, 1.165) is 45.6 Å². The fourth-order valence-corrected chi connectivity index (χ4v) is 4.65. The third kappa shape index (κ3) is 3.96. The Morgan fingerprint density at radius 1 is 0.879 bits per heavy atom. The molecular weight excluding hydrogens is 408 g/mol. The summed E-state index contributed by atoms with van der Waals surface area (Å²) in [4.78, 5) is 12.1. The first kappa shape index (κ1) is 20.8. The van der Waals surface area contributed by atoms with Gasteiger partial charge in [-0.05, 0) is 57.6 Å². The van der Waals surface area contributed by atoms with Gasteiger partial charge in [0.1, 0.15) is 12.4 Å². The molecule has 0 bridgehead atoms. The van der Waals surface area contributed by atoms with Crippen LogP contribution in [0.4, 0.5) is 0 Å². The summed E-state index contributed by atoms with van der Waals surface area (Å²) in [5.74, 6) is 0.402. The number of aromatic nitrogens is 1. The molecule has 0 radical (unpaired) electrons. The van der Waals surface area contributed by atoms with Crippen molar-refractivity contribution in [2.45, 2.75) is 26.4 Å². The molecular formula is C29H26N2O2. The third-order valence-corrected chi connectivity index (χ3v) is 6.10. The lowest BCUT2D eigenvalue weighted by molar-refractivity contribution is -0.117. The maximum atomic E-state index is 12.1. The Morgan fingerprint density at radius 3 is 2.39 bits per heavy atom. The van der Waals surface area contributed by atoms with Crippen molar-refractivity contribution in [1.29, 1.82) is 0 Å². The zero-order valence-electron chi connectivity index (χ0n) is 18.6. The van der Waals surface area contributed by atoms with Crippen molar-refractivity contribution in [3.05, 3.63) is 108 Å². The molecule has 5 aromatic rings. The van der Waals surface area contributed by atoms with Gasteiger partial charge in [0.05, 0.1) is 17.6 Å². The van der Waals surface area contributed by atoms with Gasteiger partial charge in [0.2, 0.25) is 5.91 Å². The summed E-state index contributed by atoms with van der Waals surface area (Å²) < 4.78 is 8.43. The number of nitrogens with two attached hydrogens (primary N) is 1. The Kier molecular flexibility index (Phi) is 5.57. The van der Waals surface area contributed by atoms with Crippen LogP contribution >= 0.6 is 0 Å². The van der Waals surface area contributed by atoms with E-state index in [1.807, 2.05) is 54.7 Å². The van der Waals surface area contributed by atoms with Crippen molar-refractivity contribution >= 4 is 22.2 Å². The summed E-state index contributed by atoms with van der Waals surface area (Å²) in [5.41, 5.74) is 11.9. The van der Waals surface area contributed by atoms with Crippen molar-refractivity contribution in [1.82, 2.24) is 4.40 Å². The molecule has 0 aliphatic carbocycles. The number of amides is 1.